The Kier molecular flexibility index (Phi) is 2.32. The van der Waals surface area contributed by atoms with Gasteiger partial charge in [0.15, 0.2) is 0 Å². The molecule has 0 bridgehead atoms. The highest BCUT2D eigenvalue weighted by Gasteiger charge is 1.95. The fourth-order valence-electron chi connectivity index (χ4n) is 0. The van der Waals surface area contributed by atoms with Gasteiger partial charge in [-0.15, -0.1) is 0 Å². The smallest absolute Gasteiger partial charge is 0.00238 e. The molecule has 1 fully saturated rings. The van der Waals surface area contributed by atoms with E-state index in [0.29, 0.717) is 0 Å². The monoisotopic (exact) mass is 94.0 g/mol. The second-order valence-electron chi connectivity index (χ2n) is 0.612. The van der Waals surface area contributed by atoms with Gasteiger partial charge in [-0.2, -0.15) is 25.3 Å². The van der Waals surface area contributed by atoms with Crippen LogP contribution in [0, 0.1) is 0 Å². The molecule has 1 saturated heterocycles. The van der Waals surface area contributed by atoms with E-state index in [1.807, 2.05) is 11.8 Å². The number of hydrogen-bond donors (Lipinski definition) is 0. The lowest BCUT2D eigenvalue weighted by Gasteiger charge is -1.11. The lowest BCUT2D eigenvalue weighted by molar-refractivity contribution is 1.75. The van der Waals surface area contributed by atoms with Gasteiger partial charge >= 0.3 is 0 Å². The summed E-state index contributed by atoms with van der Waals surface area (Å²) < 4.78 is 0. The molecular weight excluding hydrogens is 88.2 g/mol. The predicted molar refractivity (Wildman–Crippen MR) is 27.7 cm³/mol. The van der Waals surface area contributed by atoms with Crippen LogP contribution in [-0.2, 0) is 0 Å². The third-order valence-electron chi connectivity index (χ3n) is 0.204. The van der Waals surface area contributed by atoms with Gasteiger partial charge in [0.05, 0.1) is 0 Å². The van der Waals surface area contributed by atoms with E-state index >= 15 is 0 Å². The van der Waals surface area contributed by atoms with Gasteiger partial charge in [-0.1, -0.05) is 0 Å². The van der Waals surface area contributed by atoms with E-state index < -0.39 is 0 Å². The number of rotatable bonds is 0. The van der Waals surface area contributed by atoms with Crippen LogP contribution in [0.5, 0.6) is 0 Å². The Hall–Kier alpha value is 0.700. The van der Waals surface area contributed by atoms with Crippen molar-refractivity contribution in [1.29, 1.82) is 0 Å². The number of thioether (sulfide) groups is 1. The van der Waals surface area contributed by atoms with Crippen molar-refractivity contribution in [2.75, 3.05) is 11.5 Å². The van der Waals surface area contributed by atoms with E-state index in [9.17, 15) is 0 Å². The largest absolute Gasteiger partial charge is 0.197 e. The molecule has 26 valence electrons. The van der Waals surface area contributed by atoms with Crippen LogP contribution in [0.25, 0.3) is 0 Å². The summed E-state index contributed by atoms with van der Waals surface area (Å²) in [5, 5.41) is 0. The van der Waals surface area contributed by atoms with Crippen molar-refractivity contribution in [3.63, 3.8) is 0 Å². The first-order valence-corrected chi connectivity index (χ1v) is 2.23. The topological polar surface area (TPSA) is 0 Å². The van der Waals surface area contributed by atoms with E-state index in [2.05, 4.69) is 0 Å². The molecule has 0 nitrogen and oxygen atoms in total. The van der Waals surface area contributed by atoms with Gasteiger partial charge in [0.25, 0.3) is 0 Å². The Labute approximate surface area is 37.4 Å². The normalized spacial score (nSPS) is 18.0. The van der Waals surface area contributed by atoms with Crippen molar-refractivity contribution in [3.8, 4) is 0 Å². The lowest BCUT2D eigenvalue weighted by atomic mass is 11.0. The highest BCUT2D eigenvalue weighted by molar-refractivity contribution is 8.06. The first-order valence-electron chi connectivity index (χ1n) is 1.08. The van der Waals surface area contributed by atoms with Gasteiger partial charge in [0.1, 0.15) is 0 Å². The van der Waals surface area contributed by atoms with Crippen LogP contribution in [0.15, 0.2) is 0 Å². The molecule has 1 aliphatic heterocycles. The Morgan fingerprint density at radius 1 is 1.25 bits per heavy atom. The first-order chi connectivity index (χ1) is 1.50. The fourth-order valence-corrected chi connectivity index (χ4v) is 0. The maximum absolute atomic E-state index is 2.00. The molecule has 0 unspecified atom stereocenters. The second-order valence-corrected chi connectivity index (χ2v) is 1.84. The fraction of sp³-hybridized carbons (Fsp3) is 1.00. The molecule has 0 aromatic heterocycles. The zero-order chi connectivity index (χ0) is 2.12. The minimum atomic E-state index is 0. The molecule has 0 aromatic rings. The van der Waals surface area contributed by atoms with E-state index in [0.717, 1.165) is 0 Å². The molecule has 0 aliphatic carbocycles. The summed E-state index contributed by atoms with van der Waals surface area (Å²) in [7, 11) is 0. The second kappa shape index (κ2) is 1.97. The molecule has 1 aliphatic rings. The summed E-state index contributed by atoms with van der Waals surface area (Å²) in [6.45, 7) is 0. The van der Waals surface area contributed by atoms with Crippen LogP contribution in [-0.4, -0.2) is 11.5 Å². The van der Waals surface area contributed by atoms with Gasteiger partial charge in [-0.3, -0.25) is 0 Å². The summed E-state index contributed by atoms with van der Waals surface area (Å²) >= 11 is 2.00. The third-order valence-corrected chi connectivity index (χ3v) is 0.612. The molecule has 0 amide bonds. The highest BCUT2D eigenvalue weighted by atomic mass is 32.2. The van der Waals surface area contributed by atoms with Crippen LogP contribution in [0.2, 0.25) is 0 Å². The van der Waals surface area contributed by atoms with Crippen LogP contribution in [0.4, 0.5) is 0 Å². The van der Waals surface area contributed by atoms with Crippen molar-refractivity contribution in [1.82, 2.24) is 0 Å². The maximum atomic E-state index is 2.00. The molecule has 0 N–H and O–H groups in total. The van der Waals surface area contributed by atoms with E-state index in [-0.39, 0.29) is 13.5 Å². The van der Waals surface area contributed by atoms with Gasteiger partial charge < -0.3 is 0 Å². The molecule has 0 atom stereocenters. The summed E-state index contributed by atoms with van der Waals surface area (Å²) in [5.74, 6) is 2.83. The minimum absolute atomic E-state index is 0. The zero-order valence-electron chi connectivity index (χ0n) is 2.32. The van der Waals surface area contributed by atoms with Crippen LogP contribution >= 0.6 is 25.3 Å². The van der Waals surface area contributed by atoms with E-state index in [1.165, 1.54) is 11.5 Å². The molecule has 0 spiro atoms. The molecule has 0 aromatic carbocycles. The maximum Gasteiger partial charge on any atom is 0.00238 e. The van der Waals surface area contributed by atoms with Gasteiger partial charge in [-0.05, 0) is 0 Å². The average Bonchev–Trinajstić information content (AvgIpc) is 1.46. The van der Waals surface area contributed by atoms with Crippen molar-refractivity contribution < 1.29 is 0 Å². The first kappa shape index (κ1) is 4.70. The Morgan fingerprint density at radius 2 is 1.50 bits per heavy atom. The molecule has 1 heterocycles. The molecule has 2 heteroatoms. The van der Waals surface area contributed by atoms with Crippen LogP contribution in [0.1, 0.15) is 0 Å². The summed E-state index contributed by atoms with van der Waals surface area (Å²) in [6.07, 6.45) is 0. The average molecular weight is 94.2 g/mol. The summed E-state index contributed by atoms with van der Waals surface area (Å²) in [6, 6.07) is 0. The molecule has 0 saturated carbocycles. The van der Waals surface area contributed by atoms with Gasteiger partial charge in [0, 0.05) is 11.5 Å². The molecule has 1 rings (SSSR count). The number of hydrogen-bond acceptors (Lipinski definition) is 1. The van der Waals surface area contributed by atoms with Gasteiger partial charge in [-0.25, -0.2) is 0 Å². The lowest BCUT2D eigenvalue weighted by Crippen LogP contribution is -1.20. The van der Waals surface area contributed by atoms with E-state index in [4.69, 9.17) is 0 Å². The Morgan fingerprint density at radius 3 is 1.50 bits per heavy atom. The molecule has 0 radical (unpaired) electrons. The van der Waals surface area contributed by atoms with Gasteiger partial charge in [0.2, 0.25) is 0 Å². The Bertz CT molecular complexity index is 8.75. The highest BCUT2D eigenvalue weighted by Crippen LogP contribution is 2.14. The standard InChI is InChI=1S/C2H4S.H2S/c1-2-3-1;/h1-2H2;1H2. The van der Waals surface area contributed by atoms with Crippen LogP contribution in [0.3, 0.4) is 0 Å². The quantitative estimate of drug-likeness (QED) is 0.401. The molecule has 4 heavy (non-hydrogen) atoms. The van der Waals surface area contributed by atoms with Crippen molar-refractivity contribution in [2.45, 2.75) is 0 Å². The van der Waals surface area contributed by atoms with E-state index in [1.54, 1.807) is 0 Å². The van der Waals surface area contributed by atoms with Crippen LogP contribution < -0.4 is 0 Å². The third kappa shape index (κ3) is 2.70. The Balaban J connectivity index is 0.0000000900. The summed E-state index contributed by atoms with van der Waals surface area (Å²) in [4.78, 5) is 0. The zero-order valence-corrected chi connectivity index (χ0v) is 4.14. The predicted octanol–water partition coefficient (Wildman–Crippen LogP) is 0.846. The summed E-state index contributed by atoms with van der Waals surface area (Å²) in [5.41, 5.74) is 0. The molecular formula is C2H6S2. The SMILES string of the molecule is C1CS1.S. The van der Waals surface area contributed by atoms with Crippen molar-refractivity contribution in [2.24, 2.45) is 0 Å². The van der Waals surface area contributed by atoms with Crippen molar-refractivity contribution >= 4 is 25.3 Å². The van der Waals surface area contributed by atoms with Crippen molar-refractivity contribution in [3.05, 3.63) is 0 Å². The minimum Gasteiger partial charge on any atom is -0.197 e.